The predicted octanol–water partition coefficient (Wildman–Crippen LogP) is 3.21. The molecule has 0 aliphatic carbocycles. The fourth-order valence-corrected chi connectivity index (χ4v) is 2.31. The lowest BCUT2D eigenvalue weighted by atomic mass is 10.1. The van der Waals surface area contributed by atoms with Crippen molar-refractivity contribution in [2.24, 2.45) is 0 Å². The SMILES string of the molecule is CCC(OC=O)c1ccc2nc(CNC(=O)OC(C)(C)C)[nH]c2c1. The highest BCUT2D eigenvalue weighted by molar-refractivity contribution is 5.76. The summed E-state index contributed by atoms with van der Waals surface area (Å²) in [5.74, 6) is 0.623. The molecule has 2 aromatic rings. The molecule has 1 atom stereocenters. The second-order valence-corrected chi connectivity index (χ2v) is 6.44. The molecule has 0 aliphatic rings. The number of benzene rings is 1. The summed E-state index contributed by atoms with van der Waals surface area (Å²) in [7, 11) is 0. The van der Waals surface area contributed by atoms with Crippen molar-refractivity contribution in [3.8, 4) is 0 Å². The highest BCUT2D eigenvalue weighted by Gasteiger charge is 2.16. The number of aromatic nitrogens is 2. The van der Waals surface area contributed by atoms with Crippen LogP contribution < -0.4 is 5.32 Å². The molecule has 7 heteroatoms. The molecule has 0 radical (unpaired) electrons. The Morgan fingerprint density at radius 2 is 2.17 bits per heavy atom. The lowest BCUT2D eigenvalue weighted by Gasteiger charge is -2.19. The van der Waals surface area contributed by atoms with E-state index in [4.69, 9.17) is 9.47 Å². The van der Waals surface area contributed by atoms with Gasteiger partial charge in [-0.2, -0.15) is 0 Å². The molecule has 1 unspecified atom stereocenters. The van der Waals surface area contributed by atoms with Crippen molar-refractivity contribution in [3.05, 3.63) is 29.6 Å². The van der Waals surface area contributed by atoms with Gasteiger partial charge < -0.3 is 19.8 Å². The van der Waals surface area contributed by atoms with Gasteiger partial charge in [0.05, 0.1) is 17.6 Å². The molecule has 1 amide bonds. The smallest absolute Gasteiger partial charge is 0.408 e. The summed E-state index contributed by atoms with van der Waals surface area (Å²) < 4.78 is 10.3. The van der Waals surface area contributed by atoms with Crippen molar-refractivity contribution in [1.29, 1.82) is 0 Å². The molecule has 1 heterocycles. The standard InChI is InChI=1S/C17H23N3O4/c1-5-14(23-10-21)11-6-7-12-13(8-11)20-15(19-12)9-18-16(22)24-17(2,3)4/h6-8,10,14H,5,9H2,1-4H3,(H,18,22)(H,19,20). The van der Waals surface area contributed by atoms with E-state index in [1.807, 2.05) is 25.1 Å². The van der Waals surface area contributed by atoms with E-state index in [-0.39, 0.29) is 12.6 Å². The zero-order chi connectivity index (χ0) is 17.7. The van der Waals surface area contributed by atoms with Crippen LogP contribution in [0.5, 0.6) is 0 Å². The number of carbonyl (C=O) groups is 2. The Bertz CT molecular complexity index is 718. The van der Waals surface area contributed by atoms with Crippen LogP contribution in [-0.4, -0.2) is 28.1 Å². The van der Waals surface area contributed by atoms with E-state index >= 15 is 0 Å². The molecule has 0 bridgehead atoms. The van der Waals surface area contributed by atoms with E-state index in [1.165, 1.54) is 0 Å². The zero-order valence-electron chi connectivity index (χ0n) is 14.4. The molecule has 0 aliphatic heterocycles. The minimum atomic E-state index is -0.541. The Labute approximate surface area is 140 Å². The molecule has 0 saturated heterocycles. The summed E-state index contributed by atoms with van der Waals surface area (Å²) in [4.78, 5) is 29.8. The second-order valence-electron chi connectivity index (χ2n) is 6.44. The summed E-state index contributed by atoms with van der Waals surface area (Å²) in [6, 6.07) is 5.64. The highest BCUT2D eigenvalue weighted by atomic mass is 16.6. The third kappa shape index (κ3) is 4.71. The minimum Gasteiger partial charge on any atom is -0.460 e. The first-order valence-corrected chi connectivity index (χ1v) is 7.87. The number of hydrogen-bond donors (Lipinski definition) is 2. The van der Waals surface area contributed by atoms with E-state index in [1.54, 1.807) is 20.8 Å². The monoisotopic (exact) mass is 333 g/mol. The molecule has 2 N–H and O–H groups in total. The summed E-state index contributed by atoms with van der Waals surface area (Å²) in [6.45, 7) is 8.06. The Hall–Kier alpha value is -2.57. The van der Waals surface area contributed by atoms with Crippen LogP contribution in [-0.2, 0) is 20.8 Å². The minimum absolute atomic E-state index is 0.237. The van der Waals surface area contributed by atoms with Gasteiger partial charge in [0.25, 0.3) is 6.47 Å². The van der Waals surface area contributed by atoms with Crippen molar-refractivity contribution in [2.75, 3.05) is 0 Å². The highest BCUT2D eigenvalue weighted by Crippen LogP contribution is 2.23. The Morgan fingerprint density at radius 3 is 2.79 bits per heavy atom. The Balaban J connectivity index is 2.08. The first-order valence-electron chi connectivity index (χ1n) is 7.87. The molecule has 7 nitrogen and oxygen atoms in total. The molecular formula is C17H23N3O4. The second kappa shape index (κ2) is 7.33. The number of nitrogens with zero attached hydrogens (tertiary/aromatic N) is 1. The molecule has 0 fully saturated rings. The molecule has 24 heavy (non-hydrogen) atoms. The first kappa shape index (κ1) is 17.8. The van der Waals surface area contributed by atoms with Gasteiger partial charge in [-0.1, -0.05) is 13.0 Å². The van der Waals surface area contributed by atoms with Gasteiger partial charge in [-0.25, -0.2) is 9.78 Å². The number of hydrogen-bond acceptors (Lipinski definition) is 5. The molecule has 0 saturated carbocycles. The van der Waals surface area contributed by atoms with Crippen molar-refractivity contribution in [1.82, 2.24) is 15.3 Å². The number of ether oxygens (including phenoxy) is 2. The van der Waals surface area contributed by atoms with E-state index < -0.39 is 11.7 Å². The number of H-pyrrole nitrogens is 1. The van der Waals surface area contributed by atoms with E-state index in [0.29, 0.717) is 18.7 Å². The van der Waals surface area contributed by atoms with Gasteiger partial charge in [0.1, 0.15) is 17.5 Å². The summed E-state index contributed by atoms with van der Waals surface area (Å²) >= 11 is 0. The van der Waals surface area contributed by atoms with Crippen LogP contribution in [0.3, 0.4) is 0 Å². The molecule has 1 aromatic heterocycles. The molecule has 130 valence electrons. The molecular weight excluding hydrogens is 310 g/mol. The molecule has 0 spiro atoms. The van der Waals surface area contributed by atoms with Gasteiger partial charge in [0.15, 0.2) is 0 Å². The van der Waals surface area contributed by atoms with E-state index in [2.05, 4.69) is 15.3 Å². The van der Waals surface area contributed by atoms with Crippen LogP contribution in [0, 0.1) is 0 Å². The first-order chi connectivity index (χ1) is 11.3. The Morgan fingerprint density at radius 1 is 1.42 bits per heavy atom. The normalized spacial score (nSPS) is 12.7. The summed E-state index contributed by atoms with van der Waals surface area (Å²) in [5, 5.41) is 2.66. The number of rotatable bonds is 6. The van der Waals surface area contributed by atoms with Crippen LogP contribution >= 0.6 is 0 Å². The largest absolute Gasteiger partial charge is 0.460 e. The summed E-state index contributed by atoms with van der Waals surface area (Å²) in [6.07, 6.45) is -0.0848. The molecule has 1 aromatic carbocycles. The lowest BCUT2D eigenvalue weighted by Crippen LogP contribution is -2.32. The average molecular weight is 333 g/mol. The van der Waals surface area contributed by atoms with Crippen molar-refractivity contribution in [3.63, 3.8) is 0 Å². The maximum atomic E-state index is 11.7. The van der Waals surface area contributed by atoms with Gasteiger partial charge >= 0.3 is 6.09 Å². The molecule has 2 rings (SSSR count). The zero-order valence-corrected chi connectivity index (χ0v) is 14.4. The third-order valence-corrected chi connectivity index (χ3v) is 3.32. The number of imidazole rings is 1. The van der Waals surface area contributed by atoms with Crippen LogP contribution in [0.4, 0.5) is 4.79 Å². The maximum absolute atomic E-state index is 11.7. The number of nitrogens with one attached hydrogen (secondary N) is 2. The van der Waals surface area contributed by atoms with E-state index in [9.17, 15) is 9.59 Å². The van der Waals surface area contributed by atoms with Crippen LogP contribution in [0.1, 0.15) is 51.6 Å². The number of aromatic amines is 1. The van der Waals surface area contributed by atoms with Gasteiger partial charge in [-0.05, 0) is 44.9 Å². The van der Waals surface area contributed by atoms with Gasteiger partial charge in [0.2, 0.25) is 0 Å². The third-order valence-electron chi connectivity index (χ3n) is 3.32. The Kier molecular flexibility index (Phi) is 5.43. The fraction of sp³-hybridized carbons (Fsp3) is 0.471. The van der Waals surface area contributed by atoms with E-state index in [0.717, 1.165) is 16.6 Å². The lowest BCUT2D eigenvalue weighted by molar-refractivity contribution is -0.134. The van der Waals surface area contributed by atoms with Crippen LogP contribution in [0.2, 0.25) is 0 Å². The number of carbonyl (C=O) groups excluding carboxylic acids is 2. The van der Waals surface area contributed by atoms with Gasteiger partial charge in [0, 0.05) is 0 Å². The van der Waals surface area contributed by atoms with Crippen molar-refractivity contribution < 1.29 is 19.1 Å². The van der Waals surface area contributed by atoms with Gasteiger partial charge in [-0.3, -0.25) is 4.79 Å². The van der Waals surface area contributed by atoms with Crippen LogP contribution in [0.25, 0.3) is 11.0 Å². The predicted molar refractivity (Wildman–Crippen MR) is 89.3 cm³/mol. The number of alkyl carbamates (subject to hydrolysis) is 1. The van der Waals surface area contributed by atoms with Crippen LogP contribution in [0.15, 0.2) is 18.2 Å². The number of amides is 1. The van der Waals surface area contributed by atoms with Crippen molar-refractivity contribution in [2.45, 2.75) is 52.4 Å². The summed E-state index contributed by atoms with van der Waals surface area (Å²) in [5.41, 5.74) is 1.95. The van der Waals surface area contributed by atoms with Gasteiger partial charge in [-0.15, -0.1) is 0 Å². The number of fused-ring (bicyclic) bond motifs is 1. The fourth-order valence-electron chi connectivity index (χ4n) is 2.31. The average Bonchev–Trinajstić information content (AvgIpc) is 2.91. The quantitative estimate of drug-likeness (QED) is 0.792. The maximum Gasteiger partial charge on any atom is 0.408 e. The van der Waals surface area contributed by atoms with Crippen molar-refractivity contribution >= 4 is 23.6 Å². The topological polar surface area (TPSA) is 93.3 Å².